The summed E-state index contributed by atoms with van der Waals surface area (Å²) < 4.78 is 6.87. The summed E-state index contributed by atoms with van der Waals surface area (Å²) in [6, 6.07) is 7.69. The van der Waals surface area contributed by atoms with Gasteiger partial charge in [-0.25, -0.2) is 0 Å². The van der Waals surface area contributed by atoms with E-state index in [4.69, 9.17) is 4.74 Å². The van der Waals surface area contributed by atoms with Gasteiger partial charge in [-0.3, -0.25) is 9.59 Å². The second kappa shape index (κ2) is 7.38. The smallest absolute Gasteiger partial charge is 0.245 e. The maximum Gasteiger partial charge on any atom is 0.245 e. The summed E-state index contributed by atoms with van der Waals surface area (Å²) >= 11 is 3.39. The molecule has 0 saturated carbocycles. The number of hydrogen-bond donors (Lipinski definition) is 0. The maximum absolute atomic E-state index is 12.6. The summed E-state index contributed by atoms with van der Waals surface area (Å²) in [6.07, 6.45) is 3.07. The SMILES string of the molecule is C=CC(=O)N1CCCC(C(=O)N2CC(Oc3ccc(Br)cc3)C2)C1. The number of nitrogens with zero attached hydrogens (tertiary/aromatic N) is 2. The van der Waals surface area contributed by atoms with Gasteiger partial charge in [0.2, 0.25) is 11.8 Å². The van der Waals surface area contributed by atoms with E-state index in [2.05, 4.69) is 22.5 Å². The number of carbonyl (C=O) groups is 2. The number of amides is 2. The van der Waals surface area contributed by atoms with Crippen LogP contribution in [-0.4, -0.2) is 53.9 Å². The number of benzene rings is 1. The summed E-state index contributed by atoms with van der Waals surface area (Å²) in [5.41, 5.74) is 0. The predicted molar refractivity (Wildman–Crippen MR) is 94.6 cm³/mol. The van der Waals surface area contributed by atoms with Crippen molar-refractivity contribution in [1.29, 1.82) is 0 Å². The van der Waals surface area contributed by atoms with Gasteiger partial charge in [-0.05, 0) is 43.2 Å². The number of piperidine rings is 1. The van der Waals surface area contributed by atoms with Crippen molar-refractivity contribution in [1.82, 2.24) is 9.80 Å². The first-order valence-corrected chi connectivity index (χ1v) is 8.98. The second-order valence-electron chi connectivity index (χ2n) is 6.26. The third-order valence-corrected chi connectivity index (χ3v) is 5.06. The van der Waals surface area contributed by atoms with Crippen LogP contribution in [0.1, 0.15) is 12.8 Å². The van der Waals surface area contributed by atoms with E-state index in [1.807, 2.05) is 29.2 Å². The van der Waals surface area contributed by atoms with Crippen LogP contribution in [0.25, 0.3) is 0 Å². The van der Waals surface area contributed by atoms with Crippen molar-refractivity contribution in [3.8, 4) is 5.75 Å². The standard InChI is InChI=1S/C18H21BrN2O3/c1-2-17(22)20-9-3-4-13(10-20)18(23)21-11-16(12-21)24-15-7-5-14(19)6-8-15/h2,5-8,13,16H,1,3-4,9-12H2. The Hall–Kier alpha value is -1.82. The molecule has 0 spiro atoms. The minimum absolute atomic E-state index is 0.0460. The molecule has 0 aromatic heterocycles. The van der Waals surface area contributed by atoms with Crippen molar-refractivity contribution in [3.63, 3.8) is 0 Å². The highest BCUT2D eigenvalue weighted by atomic mass is 79.9. The molecule has 24 heavy (non-hydrogen) atoms. The molecule has 0 aliphatic carbocycles. The Bertz CT molecular complexity index is 626. The molecule has 1 aromatic rings. The van der Waals surface area contributed by atoms with Gasteiger partial charge in [0.05, 0.1) is 19.0 Å². The fraction of sp³-hybridized carbons (Fsp3) is 0.444. The van der Waals surface area contributed by atoms with Gasteiger partial charge in [-0.2, -0.15) is 0 Å². The highest BCUT2D eigenvalue weighted by molar-refractivity contribution is 9.10. The van der Waals surface area contributed by atoms with Crippen LogP contribution >= 0.6 is 15.9 Å². The van der Waals surface area contributed by atoms with Crippen molar-refractivity contribution in [2.75, 3.05) is 26.2 Å². The first kappa shape index (κ1) is 17.0. The first-order chi connectivity index (χ1) is 11.6. The van der Waals surface area contributed by atoms with E-state index in [0.29, 0.717) is 26.2 Å². The lowest BCUT2D eigenvalue weighted by Gasteiger charge is -2.42. The van der Waals surface area contributed by atoms with Crippen molar-refractivity contribution in [2.24, 2.45) is 5.92 Å². The van der Waals surface area contributed by atoms with E-state index in [1.54, 1.807) is 4.90 Å². The van der Waals surface area contributed by atoms with Gasteiger partial charge in [0.1, 0.15) is 11.9 Å². The minimum Gasteiger partial charge on any atom is -0.487 e. The van der Waals surface area contributed by atoms with Gasteiger partial charge < -0.3 is 14.5 Å². The topological polar surface area (TPSA) is 49.9 Å². The minimum atomic E-state index is -0.101. The Balaban J connectivity index is 1.48. The number of carbonyl (C=O) groups excluding carboxylic acids is 2. The lowest BCUT2D eigenvalue weighted by Crippen LogP contribution is -2.59. The molecule has 3 rings (SSSR count). The van der Waals surface area contributed by atoms with Crippen molar-refractivity contribution in [2.45, 2.75) is 18.9 Å². The Morgan fingerprint density at radius 2 is 1.88 bits per heavy atom. The lowest BCUT2D eigenvalue weighted by atomic mass is 9.94. The predicted octanol–water partition coefficient (Wildman–Crippen LogP) is 2.46. The largest absolute Gasteiger partial charge is 0.487 e. The summed E-state index contributed by atoms with van der Waals surface area (Å²) in [7, 11) is 0. The van der Waals surface area contributed by atoms with Crippen LogP contribution in [0.2, 0.25) is 0 Å². The summed E-state index contributed by atoms with van der Waals surface area (Å²) in [5.74, 6) is 0.756. The van der Waals surface area contributed by atoms with Crippen LogP contribution in [0.5, 0.6) is 5.75 Å². The Morgan fingerprint density at radius 1 is 1.17 bits per heavy atom. The highest BCUT2D eigenvalue weighted by Crippen LogP contribution is 2.24. The number of ether oxygens (including phenoxy) is 1. The number of hydrogen-bond acceptors (Lipinski definition) is 3. The van der Waals surface area contributed by atoms with Gasteiger partial charge in [-0.1, -0.05) is 22.5 Å². The van der Waals surface area contributed by atoms with Crippen molar-refractivity contribution < 1.29 is 14.3 Å². The summed E-state index contributed by atoms with van der Waals surface area (Å²) in [5, 5.41) is 0. The number of halogens is 1. The second-order valence-corrected chi connectivity index (χ2v) is 7.18. The monoisotopic (exact) mass is 392 g/mol. The molecule has 2 aliphatic heterocycles. The molecule has 1 atom stereocenters. The van der Waals surface area contributed by atoms with Crippen LogP contribution in [0.15, 0.2) is 41.4 Å². The molecule has 2 aliphatic rings. The van der Waals surface area contributed by atoms with Crippen LogP contribution in [0.4, 0.5) is 0 Å². The van der Waals surface area contributed by atoms with Crippen LogP contribution in [0.3, 0.4) is 0 Å². The molecule has 6 heteroatoms. The van der Waals surface area contributed by atoms with E-state index in [-0.39, 0.29) is 23.8 Å². The average molecular weight is 393 g/mol. The fourth-order valence-electron chi connectivity index (χ4n) is 3.16. The zero-order valence-corrected chi connectivity index (χ0v) is 15.1. The van der Waals surface area contributed by atoms with Gasteiger partial charge >= 0.3 is 0 Å². The molecule has 0 N–H and O–H groups in total. The van der Waals surface area contributed by atoms with E-state index < -0.39 is 0 Å². The molecule has 0 radical (unpaired) electrons. The lowest BCUT2D eigenvalue weighted by molar-refractivity contribution is -0.147. The average Bonchev–Trinajstić information content (AvgIpc) is 2.58. The van der Waals surface area contributed by atoms with E-state index in [0.717, 1.165) is 23.1 Å². The molecule has 0 bridgehead atoms. The van der Waals surface area contributed by atoms with Gasteiger partial charge in [-0.15, -0.1) is 0 Å². The zero-order valence-electron chi connectivity index (χ0n) is 13.5. The van der Waals surface area contributed by atoms with Gasteiger partial charge in [0.25, 0.3) is 0 Å². The molecule has 2 heterocycles. The normalized spacial score (nSPS) is 21.1. The van der Waals surface area contributed by atoms with Crippen LogP contribution in [0, 0.1) is 5.92 Å². The zero-order chi connectivity index (χ0) is 17.1. The van der Waals surface area contributed by atoms with Gasteiger partial charge in [0.15, 0.2) is 0 Å². The van der Waals surface area contributed by atoms with Crippen molar-refractivity contribution >= 4 is 27.7 Å². The molecular formula is C18H21BrN2O3. The Kier molecular flexibility index (Phi) is 5.23. The molecular weight excluding hydrogens is 372 g/mol. The number of likely N-dealkylation sites (tertiary alicyclic amines) is 2. The molecule has 1 unspecified atom stereocenters. The molecule has 2 saturated heterocycles. The maximum atomic E-state index is 12.6. The Labute approximate surface area is 150 Å². The third-order valence-electron chi connectivity index (χ3n) is 4.53. The van der Waals surface area contributed by atoms with E-state index in [9.17, 15) is 9.59 Å². The summed E-state index contributed by atoms with van der Waals surface area (Å²) in [6.45, 7) is 5.95. The summed E-state index contributed by atoms with van der Waals surface area (Å²) in [4.78, 5) is 27.9. The molecule has 2 fully saturated rings. The van der Waals surface area contributed by atoms with E-state index >= 15 is 0 Å². The molecule has 5 nitrogen and oxygen atoms in total. The molecule has 2 amide bonds. The molecule has 128 valence electrons. The van der Waals surface area contributed by atoms with Crippen LogP contribution in [-0.2, 0) is 9.59 Å². The quantitative estimate of drug-likeness (QED) is 0.739. The molecule has 1 aromatic carbocycles. The van der Waals surface area contributed by atoms with Gasteiger partial charge in [0, 0.05) is 17.6 Å². The third kappa shape index (κ3) is 3.80. The van der Waals surface area contributed by atoms with E-state index in [1.165, 1.54) is 6.08 Å². The van der Waals surface area contributed by atoms with Crippen molar-refractivity contribution in [3.05, 3.63) is 41.4 Å². The Morgan fingerprint density at radius 3 is 2.54 bits per heavy atom. The number of rotatable bonds is 4. The van der Waals surface area contributed by atoms with Crippen LogP contribution < -0.4 is 4.74 Å². The highest BCUT2D eigenvalue weighted by Gasteiger charge is 2.37. The fourth-order valence-corrected chi connectivity index (χ4v) is 3.43. The first-order valence-electron chi connectivity index (χ1n) is 8.19.